The third-order valence-corrected chi connectivity index (χ3v) is 5.01. The summed E-state index contributed by atoms with van der Waals surface area (Å²) in [5.74, 6) is 0. The molecule has 0 aromatic carbocycles. The van der Waals surface area contributed by atoms with Gasteiger partial charge in [0, 0.05) is 23.9 Å². The van der Waals surface area contributed by atoms with E-state index < -0.39 is 0 Å². The summed E-state index contributed by atoms with van der Waals surface area (Å²) in [6.45, 7) is 5.13. The minimum Gasteiger partial charge on any atom is -0.327 e. The fraction of sp³-hybridized carbons (Fsp3) is 0.500. The van der Waals surface area contributed by atoms with Crippen molar-refractivity contribution < 1.29 is 0 Å². The van der Waals surface area contributed by atoms with E-state index in [-0.39, 0.29) is 6.04 Å². The molecule has 19 heavy (non-hydrogen) atoms. The highest BCUT2D eigenvalue weighted by Crippen LogP contribution is 2.24. The van der Waals surface area contributed by atoms with E-state index in [1.54, 1.807) is 11.3 Å². The molecule has 0 aliphatic carbocycles. The normalized spacial score (nSPS) is 12.8. The van der Waals surface area contributed by atoms with Crippen LogP contribution in [-0.4, -0.2) is 15.8 Å². The lowest BCUT2D eigenvalue weighted by Crippen LogP contribution is -2.26. The van der Waals surface area contributed by atoms with Crippen molar-refractivity contribution in [2.75, 3.05) is 0 Å². The monoisotopic (exact) mass is 341 g/mol. The molecule has 0 aliphatic heterocycles. The van der Waals surface area contributed by atoms with Gasteiger partial charge in [0.2, 0.25) is 0 Å². The molecule has 2 N–H and O–H groups in total. The first-order chi connectivity index (χ1) is 9.15. The van der Waals surface area contributed by atoms with Crippen LogP contribution < -0.4 is 5.73 Å². The Bertz CT molecular complexity index is 519. The maximum Gasteiger partial charge on any atom is 0.0766 e. The quantitative estimate of drug-likeness (QED) is 0.874. The lowest BCUT2D eigenvalue weighted by atomic mass is 10.1. The third-order valence-electron chi connectivity index (χ3n) is 3.19. The highest BCUT2D eigenvalue weighted by molar-refractivity contribution is 9.10. The number of rotatable bonds is 6. The van der Waals surface area contributed by atoms with Crippen LogP contribution in [0.2, 0.25) is 0 Å². The van der Waals surface area contributed by atoms with Crippen molar-refractivity contribution in [1.82, 2.24) is 9.78 Å². The molecule has 0 amide bonds. The van der Waals surface area contributed by atoms with Crippen molar-refractivity contribution in [1.29, 1.82) is 0 Å². The second-order valence-corrected chi connectivity index (χ2v) is 6.45. The van der Waals surface area contributed by atoms with Gasteiger partial charge >= 0.3 is 0 Å². The topological polar surface area (TPSA) is 43.8 Å². The van der Waals surface area contributed by atoms with Gasteiger partial charge in [0.1, 0.15) is 0 Å². The molecule has 2 rings (SSSR count). The second kappa shape index (κ2) is 6.68. The minimum absolute atomic E-state index is 0.140. The van der Waals surface area contributed by atoms with Crippen LogP contribution in [0.5, 0.6) is 0 Å². The molecule has 0 saturated heterocycles. The van der Waals surface area contributed by atoms with Gasteiger partial charge in [-0.25, -0.2) is 0 Å². The highest BCUT2D eigenvalue weighted by Gasteiger charge is 2.17. The summed E-state index contributed by atoms with van der Waals surface area (Å²) in [4.78, 5) is 1.35. The van der Waals surface area contributed by atoms with Gasteiger partial charge in [-0.3, -0.25) is 4.68 Å². The van der Waals surface area contributed by atoms with E-state index in [1.807, 2.05) is 0 Å². The van der Waals surface area contributed by atoms with Crippen molar-refractivity contribution in [2.45, 2.75) is 45.7 Å². The molecule has 5 heteroatoms. The maximum atomic E-state index is 6.28. The van der Waals surface area contributed by atoms with Gasteiger partial charge in [0.25, 0.3) is 0 Å². The molecule has 2 aromatic rings. The van der Waals surface area contributed by atoms with Crippen molar-refractivity contribution in [3.8, 4) is 0 Å². The molecule has 104 valence electrons. The first-order valence-electron chi connectivity index (χ1n) is 6.67. The van der Waals surface area contributed by atoms with Gasteiger partial charge in [-0.15, -0.1) is 11.3 Å². The Hall–Kier alpha value is -0.650. The molecule has 3 nitrogen and oxygen atoms in total. The predicted molar refractivity (Wildman–Crippen MR) is 84.7 cm³/mol. The molecule has 0 aliphatic rings. The summed E-state index contributed by atoms with van der Waals surface area (Å²) < 4.78 is 3.20. The Morgan fingerprint density at radius 1 is 1.42 bits per heavy atom. The fourth-order valence-electron chi connectivity index (χ4n) is 2.22. The molecule has 0 bridgehead atoms. The van der Waals surface area contributed by atoms with Gasteiger partial charge in [0.15, 0.2) is 0 Å². The lowest BCUT2D eigenvalue weighted by Gasteiger charge is -2.12. The fourth-order valence-corrected chi connectivity index (χ4v) is 3.75. The van der Waals surface area contributed by atoms with Gasteiger partial charge in [-0.1, -0.05) is 13.0 Å². The van der Waals surface area contributed by atoms with Crippen LogP contribution in [-0.2, 0) is 25.8 Å². The molecule has 0 fully saturated rings. The largest absolute Gasteiger partial charge is 0.327 e. The summed E-state index contributed by atoms with van der Waals surface area (Å²) in [5.41, 5.74) is 8.64. The Morgan fingerprint density at radius 2 is 2.21 bits per heavy atom. The number of hydrogen-bond donors (Lipinski definition) is 1. The van der Waals surface area contributed by atoms with Gasteiger partial charge < -0.3 is 5.73 Å². The molecule has 0 spiro atoms. The molecule has 0 saturated carbocycles. The Balaban J connectivity index is 2.11. The molecule has 1 atom stereocenters. The van der Waals surface area contributed by atoms with Gasteiger partial charge in [-0.2, -0.15) is 5.10 Å². The molecular weight excluding hydrogens is 322 g/mol. The Kier molecular flexibility index (Phi) is 5.19. The van der Waals surface area contributed by atoms with E-state index >= 15 is 0 Å². The number of nitrogens with zero attached hydrogens (tertiary/aromatic N) is 2. The molecule has 2 heterocycles. The average molecular weight is 342 g/mol. The van der Waals surface area contributed by atoms with Crippen LogP contribution in [0, 0.1) is 0 Å². The standard InChI is InChI=1S/C14H20BrN3S/c1-3-12-14(15)13(18(4-2)17-12)9-10(16)8-11-6-5-7-19-11/h5-7,10H,3-4,8-9,16H2,1-2H3. The first kappa shape index (κ1) is 14.8. The summed E-state index contributed by atoms with van der Waals surface area (Å²) in [6, 6.07) is 4.36. The van der Waals surface area contributed by atoms with Crippen LogP contribution >= 0.6 is 27.3 Å². The van der Waals surface area contributed by atoms with Crippen LogP contribution in [0.3, 0.4) is 0 Å². The summed E-state index contributed by atoms with van der Waals surface area (Å²) >= 11 is 5.44. The summed E-state index contributed by atoms with van der Waals surface area (Å²) in [7, 11) is 0. The van der Waals surface area contributed by atoms with Crippen molar-refractivity contribution in [3.05, 3.63) is 38.3 Å². The molecule has 1 unspecified atom stereocenters. The number of aromatic nitrogens is 2. The third kappa shape index (κ3) is 3.46. The average Bonchev–Trinajstić information content (AvgIpc) is 2.99. The zero-order chi connectivity index (χ0) is 13.8. The van der Waals surface area contributed by atoms with Crippen molar-refractivity contribution in [3.63, 3.8) is 0 Å². The summed E-state index contributed by atoms with van der Waals surface area (Å²) in [5, 5.41) is 6.71. The van der Waals surface area contributed by atoms with Crippen LogP contribution in [0.15, 0.2) is 22.0 Å². The maximum absolute atomic E-state index is 6.28. The van der Waals surface area contributed by atoms with Gasteiger partial charge in [-0.05, 0) is 47.1 Å². The van der Waals surface area contributed by atoms with Crippen LogP contribution in [0.25, 0.3) is 0 Å². The smallest absolute Gasteiger partial charge is 0.0766 e. The second-order valence-electron chi connectivity index (χ2n) is 4.62. The van der Waals surface area contributed by atoms with Crippen LogP contribution in [0.1, 0.15) is 30.1 Å². The number of halogens is 1. The Morgan fingerprint density at radius 3 is 2.79 bits per heavy atom. The van der Waals surface area contributed by atoms with E-state index in [1.165, 1.54) is 10.6 Å². The van der Waals surface area contributed by atoms with E-state index in [2.05, 4.69) is 57.1 Å². The molecule has 2 aromatic heterocycles. The van der Waals surface area contributed by atoms with E-state index in [0.717, 1.165) is 36.0 Å². The number of nitrogens with two attached hydrogens (primary N) is 1. The zero-order valence-electron chi connectivity index (χ0n) is 11.4. The molecule has 0 radical (unpaired) electrons. The predicted octanol–water partition coefficient (Wildman–Crippen LogP) is 3.40. The van der Waals surface area contributed by atoms with E-state index in [0.29, 0.717) is 0 Å². The van der Waals surface area contributed by atoms with Gasteiger partial charge in [0.05, 0.1) is 15.9 Å². The molecular formula is C14H20BrN3S. The first-order valence-corrected chi connectivity index (χ1v) is 8.34. The van der Waals surface area contributed by atoms with Crippen molar-refractivity contribution >= 4 is 27.3 Å². The number of aryl methyl sites for hydroxylation is 2. The van der Waals surface area contributed by atoms with E-state index in [4.69, 9.17) is 5.73 Å². The van der Waals surface area contributed by atoms with E-state index in [9.17, 15) is 0 Å². The lowest BCUT2D eigenvalue weighted by molar-refractivity contribution is 0.573. The highest BCUT2D eigenvalue weighted by atomic mass is 79.9. The summed E-state index contributed by atoms with van der Waals surface area (Å²) in [6.07, 6.45) is 2.74. The SMILES string of the molecule is CCc1nn(CC)c(CC(N)Cc2cccs2)c1Br. The van der Waals surface area contributed by atoms with Crippen molar-refractivity contribution in [2.24, 2.45) is 5.73 Å². The number of thiophene rings is 1. The Labute approximate surface area is 126 Å². The number of hydrogen-bond acceptors (Lipinski definition) is 3. The van der Waals surface area contributed by atoms with Crippen LogP contribution in [0.4, 0.5) is 0 Å². The minimum atomic E-state index is 0.140. The zero-order valence-corrected chi connectivity index (χ0v) is 13.8.